The maximum absolute atomic E-state index is 9.48. The summed E-state index contributed by atoms with van der Waals surface area (Å²) in [6.45, 7) is 4.06. The predicted octanol–water partition coefficient (Wildman–Crippen LogP) is 2.16. The molecule has 0 fully saturated rings. The Morgan fingerprint density at radius 3 is 2.92 bits per heavy atom. The lowest BCUT2D eigenvalue weighted by atomic mass is 10.1. The van der Waals surface area contributed by atoms with Crippen LogP contribution in [0.2, 0.25) is 0 Å². The van der Waals surface area contributed by atoms with Crippen LogP contribution in [0.5, 0.6) is 0 Å². The van der Waals surface area contributed by atoms with Crippen molar-refractivity contribution in [2.75, 3.05) is 0 Å². The average molecular weight is 185 g/mol. The average Bonchev–Trinajstić information content (AvgIpc) is 2.36. The van der Waals surface area contributed by atoms with Crippen molar-refractivity contribution < 1.29 is 5.11 Å². The summed E-state index contributed by atoms with van der Waals surface area (Å²) in [4.78, 5) is 4.29. The second kappa shape index (κ2) is 4.58. The van der Waals surface area contributed by atoms with E-state index in [0.717, 1.165) is 23.5 Å². The van der Waals surface area contributed by atoms with Gasteiger partial charge < -0.3 is 5.11 Å². The molecule has 1 atom stereocenters. The fourth-order valence-corrected chi connectivity index (χ4v) is 1.98. The normalized spacial score (nSPS) is 13.2. The first-order chi connectivity index (χ1) is 5.72. The van der Waals surface area contributed by atoms with Gasteiger partial charge in [0.2, 0.25) is 0 Å². The molecule has 1 aromatic heterocycles. The first-order valence-corrected chi connectivity index (χ1v) is 5.19. The molecule has 0 bridgehead atoms. The minimum Gasteiger partial charge on any atom is -0.393 e. The summed E-state index contributed by atoms with van der Waals surface area (Å²) in [7, 11) is 0. The molecule has 2 nitrogen and oxygen atoms in total. The third-order valence-electron chi connectivity index (χ3n) is 1.70. The first-order valence-electron chi connectivity index (χ1n) is 4.31. The van der Waals surface area contributed by atoms with Gasteiger partial charge >= 0.3 is 0 Å². The highest BCUT2D eigenvalue weighted by atomic mass is 32.1. The van der Waals surface area contributed by atoms with Crippen molar-refractivity contribution in [3.8, 4) is 0 Å². The number of aromatic nitrogens is 1. The zero-order valence-electron chi connectivity index (χ0n) is 7.58. The van der Waals surface area contributed by atoms with Crippen LogP contribution >= 0.6 is 11.3 Å². The number of hydrogen-bond acceptors (Lipinski definition) is 3. The first kappa shape index (κ1) is 9.68. The highest BCUT2D eigenvalue weighted by Crippen LogP contribution is 2.12. The van der Waals surface area contributed by atoms with Gasteiger partial charge in [0, 0.05) is 17.5 Å². The molecule has 3 heteroatoms. The van der Waals surface area contributed by atoms with Crippen molar-refractivity contribution in [2.45, 2.75) is 39.2 Å². The summed E-state index contributed by atoms with van der Waals surface area (Å²) >= 11 is 1.63. The van der Waals surface area contributed by atoms with Gasteiger partial charge in [-0.2, -0.15) is 0 Å². The van der Waals surface area contributed by atoms with E-state index in [1.165, 1.54) is 0 Å². The van der Waals surface area contributed by atoms with E-state index in [-0.39, 0.29) is 6.10 Å². The smallest absolute Gasteiger partial charge is 0.0953 e. The number of aryl methyl sites for hydroxylation is 1. The minimum absolute atomic E-state index is 0.208. The number of nitrogens with zero attached hydrogens (tertiary/aromatic N) is 1. The standard InChI is InChI=1S/C9H15NOS/c1-3-4-8(11)5-9-10-7(2)6-12-9/h6,8,11H,3-5H2,1-2H3. The molecule has 0 aromatic carbocycles. The summed E-state index contributed by atoms with van der Waals surface area (Å²) in [6, 6.07) is 0. The van der Waals surface area contributed by atoms with Gasteiger partial charge in [0.05, 0.1) is 11.1 Å². The molecule has 0 aliphatic rings. The van der Waals surface area contributed by atoms with Gasteiger partial charge in [-0.1, -0.05) is 13.3 Å². The molecule has 0 saturated heterocycles. The molecule has 1 aromatic rings. The van der Waals surface area contributed by atoms with Crippen molar-refractivity contribution in [3.63, 3.8) is 0 Å². The van der Waals surface area contributed by atoms with E-state index < -0.39 is 0 Å². The largest absolute Gasteiger partial charge is 0.393 e. The van der Waals surface area contributed by atoms with Crippen LogP contribution in [-0.4, -0.2) is 16.2 Å². The Labute approximate surface area is 77.3 Å². The number of thiazole rings is 1. The van der Waals surface area contributed by atoms with Crippen molar-refractivity contribution in [2.24, 2.45) is 0 Å². The fourth-order valence-electron chi connectivity index (χ4n) is 1.13. The van der Waals surface area contributed by atoms with Gasteiger partial charge in [0.15, 0.2) is 0 Å². The second-order valence-electron chi connectivity index (χ2n) is 3.03. The molecule has 1 unspecified atom stereocenters. The van der Waals surface area contributed by atoms with Crippen LogP contribution in [-0.2, 0) is 6.42 Å². The topological polar surface area (TPSA) is 33.1 Å². The molecule has 0 radical (unpaired) electrons. The molecule has 1 rings (SSSR count). The lowest BCUT2D eigenvalue weighted by Gasteiger charge is -2.05. The van der Waals surface area contributed by atoms with E-state index in [9.17, 15) is 5.11 Å². The van der Waals surface area contributed by atoms with Gasteiger partial charge in [0.25, 0.3) is 0 Å². The summed E-state index contributed by atoms with van der Waals surface area (Å²) in [5, 5.41) is 12.5. The van der Waals surface area contributed by atoms with Crippen LogP contribution < -0.4 is 0 Å². The van der Waals surface area contributed by atoms with Gasteiger partial charge in [0.1, 0.15) is 0 Å². The number of aliphatic hydroxyl groups excluding tert-OH is 1. The maximum atomic E-state index is 9.48. The Hall–Kier alpha value is -0.410. The lowest BCUT2D eigenvalue weighted by Crippen LogP contribution is -2.09. The van der Waals surface area contributed by atoms with Crippen LogP contribution in [0, 0.1) is 6.92 Å². The number of aliphatic hydroxyl groups is 1. The van der Waals surface area contributed by atoms with E-state index in [0.29, 0.717) is 6.42 Å². The zero-order chi connectivity index (χ0) is 8.97. The van der Waals surface area contributed by atoms with Crippen LogP contribution in [0.4, 0.5) is 0 Å². The van der Waals surface area contributed by atoms with Crippen LogP contribution in [0.15, 0.2) is 5.38 Å². The molecule has 1 N–H and O–H groups in total. The van der Waals surface area contributed by atoms with Crippen LogP contribution in [0.25, 0.3) is 0 Å². The Morgan fingerprint density at radius 1 is 1.67 bits per heavy atom. The zero-order valence-corrected chi connectivity index (χ0v) is 8.40. The molecule has 0 aliphatic carbocycles. The van der Waals surface area contributed by atoms with E-state index in [4.69, 9.17) is 0 Å². The lowest BCUT2D eigenvalue weighted by molar-refractivity contribution is 0.164. The number of hydrogen-bond donors (Lipinski definition) is 1. The highest BCUT2D eigenvalue weighted by molar-refractivity contribution is 7.09. The summed E-state index contributed by atoms with van der Waals surface area (Å²) in [5.74, 6) is 0. The van der Waals surface area contributed by atoms with Crippen molar-refractivity contribution in [3.05, 3.63) is 16.1 Å². The Kier molecular flexibility index (Phi) is 3.69. The van der Waals surface area contributed by atoms with Gasteiger partial charge in [-0.15, -0.1) is 11.3 Å². The summed E-state index contributed by atoms with van der Waals surface area (Å²) < 4.78 is 0. The minimum atomic E-state index is -0.208. The van der Waals surface area contributed by atoms with Crippen LogP contribution in [0.3, 0.4) is 0 Å². The summed E-state index contributed by atoms with van der Waals surface area (Å²) in [5.41, 5.74) is 1.05. The highest BCUT2D eigenvalue weighted by Gasteiger charge is 2.06. The SMILES string of the molecule is CCCC(O)Cc1nc(C)cs1. The molecule has 0 saturated carbocycles. The fraction of sp³-hybridized carbons (Fsp3) is 0.667. The number of rotatable bonds is 4. The van der Waals surface area contributed by atoms with E-state index in [2.05, 4.69) is 11.9 Å². The predicted molar refractivity (Wildman–Crippen MR) is 51.5 cm³/mol. The van der Waals surface area contributed by atoms with Crippen LogP contribution in [0.1, 0.15) is 30.5 Å². The molecule has 68 valence electrons. The third kappa shape index (κ3) is 2.91. The van der Waals surface area contributed by atoms with E-state index in [1.807, 2.05) is 12.3 Å². The Bertz CT molecular complexity index is 234. The Balaban J connectivity index is 2.41. The molecular formula is C9H15NOS. The second-order valence-corrected chi connectivity index (χ2v) is 3.97. The van der Waals surface area contributed by atoms with Crippen molar-refractivity contribution in [1.82, 2.24) is 4.98 Å². The van der Waals surface area contributed by atoms with Crippen molar-refractivity contribution in [1.29, 1.82) is 0 Å². The quantitative estimate of drug-likeness (QED) is 0.779. The third-order valence-corrected chi connectivity index (χ3v) is 2.69. The maximum Gasteiger partial charge on any atom is 0.0953 e. The molecule has 0 spiro atoms. The molecule has 0 amide bonds. The van der Waals surface area contributed by atoms with Gasteiger partial charge in [-0.3, -0.25) is 0 Å². The Morgan fingerprint density at radius 2 is 2.42 bits per heavy atom. The molecule has 12 heavy (non-hydrogen) atoms. The van der Waals surface area contributed by atoms with E-state index >= 15 is 0 Å². The van der Waals surface area contributed by atoms with Gasteiger partial charge in [-0.25, -0.2) is 4.98 Å². The molecule has 0 aliphatic heterocycles. The van der Waals surface area contributed by atoms with Crippen molar-refractivity contribution >= 4 is 11.3 Å². The summed E-state index contributed by atoms with van der Waals surface area (Å²) in [6.07, 6.45) is 2.41. The molecular weight excluding hydrogens is 170 g/mol. The van der Waals surface area contributed by atoms with E-state index in [1.54, 1.807) is 11.3 Å². The molecule has 1 heterocycles. The van der Waals surface area contributed by atoms with Gasteiger partial charge in [-0.05, 0) is 13.3 Å². The monoisotopic (exact) mass is 185 g/mol.